The van der Waals surface area contributed by atoms with Gasteiger partial charge in [-0.3, -0.25) is 4.79 Å². The van der Waals surface area contributed by atoms with E-state index in [2.05, 4.69) is 10.1 Å². The number of hydrogen-bond acceptors (Lipinski definition) is 4. The lowest BCUT2D eigenvalue weighted by Crippen LogP contribution is -2.06. The maximum absolute atomic E-state index is 12.0. The maximum atomic E-state index is 12.0. The van der Waals surface area contributed by atoms with Crippen molar-refractivity contribution in [2.24, 2.45) is 5.92 Å². The van der Waals surface area contributed by atoms with Gasteiger partial charge in [0, 0.05) is 11.5 Å². The van der Waals surface area contributed by atoms with Crippen LogP contribution in [0, 0.1) is 5.92 Å². The summed E-state index contributed by atoms with van der Waals surface area (Å²) in [6.45, 7) is 0.00230. The zero-order chi connectivity index (χ0) is 15.8. The van der Waals surface area contributed by atoms with Crippen molar-refractivity contribution in [1.29, 1.82) is 0 Å². The van der Waals surface area contributed by atoms with Crippen LogP contribution in [-0.4, -0.2) is 25.5 Å². The molecule has 1 aromatic carbocycles. The van der Waals surface area contributed by atoms with Crippen LogP contribution in [0.5, 0.6) is 0 Å². The lowest BCUT2D eigenvalue weighted by molar-refractivity contribution is -0.119. The highest BCUT2D eigenvalue weighted by atomic mass is 16.3. The summed E-state index contributed by atoms with van der Waals surface area (Å²) >= 11 is 0. The number of benzene rings is 1. The van der Waals surface area contributed by atoms with Gasteiger partial charge in [0.2, 0.25) is 0 Å². The minimum atomic E-state index is 0.00230. The van der Waals surface area contributed by atoms with E-state index in [1.54, 1.807) is 4.52 Å². The highest BCUT2D eigenvalue weighted by Gasteiger charge is 2.30. The third kappa shape index (κ3) is 2.75. The molecule has 0 unspecified atom stereocenters. The van der Waals surface area contributed by atoms with E-state index in [0.717, 1.165) is 35.3 Å². The van der Waals surface area contributed by atoms with E-state index < -0.39 is 0 Å². The van der Waals surface area contributed by atoms with Crippen LogP contribution in [0.1, 0.15) is 24.2 Å². The summed E-state index contributed by atoms with van der Waals surface area (Å²) in [5.41, 5.74) is 3.45. The summed E-state index contributed by atoms with van der Waals surface area (Å²) in [7, 11) is 0. The molecule has 1 saturated carbocycles. The number of rotatable bonds is 5. The quantitative estimate of drug-likeness (QED) is 0.786. The number of pyridine rings is 1. The second-order valence-electron chi connectivity index (χ2n) is 5.98. The molecule has 0 atom stereocenters. The van der Waals surface area contributed by atoms with Gasteiger partial charge in [-0.25, -0.2) is 9.50 Å². The number of Topliss-reactive ketones (excluding diaryl/α,β-unsaturated/α-hetero) is 1. The predicted molar refractivity (Wildman–Crippen MR) is 85.8 cm³/mol. The van der Waals surface area contributed by atoms with Crippen LogP contribution >= 0.6 is 0 Å². The largest absolute Gasteiger partial charge is 0.392 e. The Labute approximate surface area is 133 Å². The molecule has 0 saturated heterocycles. The van der Waals surface area contributed by atoms with Crippen molar-refractivity contribution in [1.82, 2.24) is 14.6 Å². The van der Waals surface area contributed by atoms with Crippen molar-refractivity contribution in [3.05, 3.63) is 53.9 Å². The molecule has 5 heteroatoms. The number of fused-ring (bicyclic) bond motifs is 1. The van der Waals surface area contributed by atoms with Crippen LogP contribution in [0.15, 0.2) is 42.5 Å². The Kier molecular flexibility index (Phi) is 3.42. The SMILES string of the molecule is O=C(Cc1nc2cccc(-c3cccc(CO)c3)n2n1)C1CC1. The van der Waals surface area contributed by atoms with Gasteiger partial charge < -0.3 is 5.11 Å². The van der Waals surface area contributed by atoms with Crippen molar-refractivity contribution >= 4 is 11.4 Å². The fraction of sp³-hybridized carbons (Fsp3) is 0.278. The van der Waals surface area contributed by atoms with E-state index in [1.807, 2.05) is 42.5 Å². The average Bonchev–Trinajstić information content (AvgIpc) is 3.35. The van der Waals surface area contributed by atoms with Gasteiger partial charge in [0.05, 0.1) is 18.7 Å². The highest BCUT2D eigenvalue weighted by Crippen LogP contribution is 2.30. The number of carbonyl (C=O) groups is 1. The third-order valence-electron chi connectivity index (χ3n) is 4.17. The number of aliphatic hydroxyl groups excluding tert-OH is 1. The number of aliphatic hydroxyl groups is 1. The van der Waals surface area contributed by atoms with Crippen LogP contribution < -0.4 is 0 Å². The van der Waals surface area contributed by atoms with Gasteiger partial charge in [0.1, 0.15) is 5.78 Å². The molecule has 0 aliphatic heterocycles. The van der Waals surface area contributed by atoms with Gasteiger partial charge in [0.15, 0.2) is 11.5 Å². The van der Waals surface area contributed by atoms with Crippen molar-refractivity contribution in [2.75, 3.05) is 0 Å². The van der Waals surface area contributed by atoms with E-state index >= 15 is 0 Å². The molecule has 116 valence electrons. The lowest BCUT2D eigenvalue weighted by atomic mass is 10.1. The minimum absolute atomic E-state index is 0.00230. The van der Waals surface area contributed by atoms with Gasteiger partial charge >= 0.3 is 0 Å². The van der Waals surface area contributed by atoms with E-state index in [0.29, 0.717) is 12.2 Å². The lowest BCUT2D eigenvalue weighted by Gasteiger charge is -2.05. The predicted octanol–water partition coefficient (Wildman–Crippen LogP) is 2.41. The van der Waals surface area contributed by atoms with Crippen molar-refractivity contribution in [3.63, 3.8) is 0 Å². The number of aromatic nitrogens is 3. The van der Waals surface area contributed by atoms with Crippen molar-refractivity contribution in [3.8, 4) is 11.3 Å². The first-order valence-corrected chi connectivity index (χ1v) is 7.82. The molecule has 0 amide bonds. The first-order valence-electron chi connectivity index (χ1n) is 7.82. The van der Waals surface area contributed by atoms with Crippen LogP contribution in [-0.2, 0) is 17.8 Å². The van der Waals surface area contributed by atoms with Gasteiger partial charge in [-0.15, -0.1) is 0 Å². The van der Waals surface area contributed by atoms with Gasteiger partial charge in [-0.2, -0.15) is 5.10 Å². The standard InChI is InChI=1S/C18H17N3O2/c22-11-12-3-1-4-14(9-12)15-5-2-6-18-19-17(20-21(15)18)10-16(23)13-7-8-13/h1-6,9,13,22H,7-8,10-11H2. The summed E-state index contributed by atoms with van der Waals surface area (Å²) in [6.07, 6.45) is 2.32. The molecule has 1 fully saturated rings. The van der Waals surface area contributed by atoms with Crippen LogP contribution in [0.3, 0.4) is 0 Å². The van der Waals surface area contributed by atoms with Crippen LogP contribution in [0.4, 0.5) is 0 Å². The molecule has 0 bridgehead atoms. The van der Waals surface area contributed by atoms with Crippen LogP contribution in [0.2, 0.25) is 0 Å². The first-order chi connectivity index (χ1) is 11.2. The van der Waals surface area contributed by atoms with Gasteiger partial charge in [0.25, 0.3) is 0 Å². The molecule has 1 aliphatic rings. The van der Waals surface area contributed by atoms with Gasteiger partial charge in [-0.05, 0) is 36.6 Å². The van der Waals surface area contributed by atoms with E-state index in [4.69, 9.17) is 0 Å². The monoisotopic (exact) mass is 307 g/mol. The summed E-state index contributed by atoms with van der Waals surface area (Å²) in [6, 6.07) is 13.5. The van der Waals surface area contributed by atoms with E-state index in [-0.39, 0.29) is 18.3 Å². The Bertz CT molecular complexity index is 881. The number of ketones is 1. The minimum Gasteiger partial charge on any atom is -0.392 e. The number of carbonyl (C=O) groups excluding carboxylic acids is 1. The molecular formula is C18H17N3O2. The molecular weight excluding hydrogens is 290 g/mol. The summed E-state index contributed by atoms with van der Waals surface area (Å²) < 4.78 is 1.77. The van der Waals surface area contributed by atoms with Crippen molar-refractivity contribution in [2.45, 2.75) is 25.9 Å². The smallest absolute Gasteiger partial charge is 0.159 e. The topological polar surface area (TPSA) is 67.5 Å². The van der Waals surface area contributed by atoms with Gasteiger partial charge in [-0.1, -0.05) is 24.3 Å². The Balaban J connectivity index is 1.74. The van der Waals surface area contributed by atoms with E-state index in [1.165, 1.54) is 0 Å². The number of hydrogen-bond donors (Lipinski definition) is 1. The molecule has 0 radical (unpaired) electrons. The first kappa shape index (κ1) is 14.1. The molecule has 2 heterocycles. The summed E-state index contributed by atoms with van der Waals surface area (Å²) in [5.74, 6) is 1.04. The molecule has 1 N–H and O–H groups in total. The fourth-order valence-corrected chi connectivity index (χ4v) is 2.78. The Morgan fingerprint density at radius 3 is 2.83 bits per heavy atom. The van der Waals surface area contributed by atoms with Crippen LogP contribution in [0.25, 0.3) is 16.9 Å². The summed E-state index contributed by atoms with van der Waals surface area (Å²) in [5, 5.41) is 13.8. The normalized spacial score (nSPS) is 14.3. The van der Waals surface area contributed by atoms with Crippen molar-refractivity contribution < 1.29 is 9.90 Å². The molecule has 3 aromatic rings. The summed E-state index contributed by atoms with van der Waals surface area (Å²) in [4.78, 5) is 16.4. The highest BCUT2D eigenvalue weighted by molar-refractivity contribution is 5.84. The Morgan fingerprint density at radius 1 is 1.22 bits per heavy atom. The Hall–Kier alpha value is -2.53. The molecule has 23 heavy (non-hydrogen) atoms. The number of nitrogens with zero attached hydrogens (tertiary/aromatic N) is 3. The fourth-order valence-electron chi connectivity index (χ4n) is 2.78. The molecule has 1 aliphatic carbocycles. The third-order valence-corrected chi connectivity index (χ3v) is 4.17. The average molecular weight is 307 g/mol. The molecule has 4 rings (SSSR count). The zero-order valence-electron chi connectivity index (χ0n) is 12.6. The molecule has 5 nitrogen and oxygen atoms in total. The Morgan fingerprint density at radius 2 is 2.04 bits per heavy atom. The second-order valence-corrected chi connectivity index (χ2v) is 5.98. The second kappa shape index (κ2) is 5.59. The molecule has 2 aromatic heterocycles. The maximum Gasteiger partial charge on any atom is 0.159 e. The van der Waals surface area contributed by atoms with E-state index in [9.17, 15) is 9.90 Å². The molecule has 0 spiro atoms. The zero-order valence-corrected chi connectivity index (χ0v) is 12.6.